The lowest BCUT2D eigenvalue weighted by molar-refractivity contribution is 0.102. The summed E-state index contributed by atoms with van der Waals surface area (Å²) in [6.45, 7) is 1.51. The van der Waals surface area contributed by atoms with Crippen LogP contribution in [0.4, 0.5) is 10.1 Å². The van der Waals surface area contributed by atoms with E-state index in [0.29, 0.717) is 64.2 Å². The quantitative estimate of drug-likeness (QED) is 0.188. The Hall–Kier alpha value is -5.42. The molecule has 2 N–H and O–H groups in total. The molecule has 0 saturated carbocycles. The number of methoxy groups -OCH3 is 2. The number of carbonyl (C=O) groups excluding carboxylic acids is 1. The zero-order chi connectivity index (χ0) is 37.5. The molecule has 5 aromatic carbocycles. The van der Waals surface area contributed by atoms with Gasteiger partial charge in [0.2, 0.25) is 0 Å². The summed E-state index contributed by atoms with van der Waals surface area (Å²) in [4.78, 5) is 18.4. The monoisotopic (exact) mass is 729 g/mol. The molecule has 278 valence electrons. The molecule has 4 aliphatic heterocycles. The van der Waals surface area contributed by atoms with Crippen LogP contribution in [0.3, 0.4) is 0 Å². The number of hydrogen-bond acceptors (Lipinski definition) is 8. The van der Waals surface area contributed by atoms with Crippen molar-refractivity contribution in [3.05, 3.63) is 135 Å². The van der Waals surface area contributed by atoms with Gasteiger partial charge < -0.3 is 29.4 Å². The predicted octanol–water partition coefficient (Wildman–Crippen LogP) is 8.03. The topological polar surface area (TPSA) is 92.7 Å². The van der Waals surface area contributed by atoms with Gasteiger partial charge in [-0.2, -0.15) is 0 Å². The normalized spacial score (nSPS) is 18.0. The fourth-order valence-electron chi connectivity index (χ4n) is 8.13. The molecule has 9 rings (SSSR count). The van der Waals surface area contributed by atoms with Crippen molar-refractivity contribution in [3.8, 4) is 34.5 Å². The number of benzene rings is 5. The van der Waals surface area contributed by atoms with Gasteiger partial charge in [-0.3, -0.25) is 14.6 Å². The van der Waals surface area contributed by atoms with Crippen LogP contribution in [0.1, 0.15) is 61.4 Å². The fourth-order valence-corrected chi connectivity index (χ4v) is 8.13. The van der Waals surface area contributed by atoms with Gasteiger partial charge in [-0.1, -0.05) is 18.2 Å². The van der Waals surface area contributed by atoms with E-state index in [-0.39, 0.29) is 30.4 Å². The summed E-state index contributed by atoms with van der Waals surface area (Å²) in [5.74, 6) is 2.59. The van der Waals surface area contributed by atoms with Crippen LogP contribution in [0.25, 0.3) is 0 Å². The molecule has 0 unspecified atom stereocenters. The number of carbonyl (C=O) groups is 1. The molecular formula is C44H44FN3O6. The Balaban J connectivity index is 1.29. The van der Waals surface area contributed by atoms with Gasteiger partial charge in [0.1, 0.15) is 17.3 Å². The Morgan fingerprint density at radius 1 is 0.815 bits per heavy atom. The summed E-state index contributed by atoms with van der Waals surface area (Å²) < 4.78 is 39.1. The Morgan fingerprint density at radius 2 is 1.52 bits per heavy atom. The molecule has 0 saturated heterocycles. The minimum Gasteiger partial charge on any atom is -0.493 e. The first-order chi connectivity index (χ1) is 26.2. The average molecular weight is 730 g/mol. The van der Waals surface area contributed by atoms with Crippen LogP contribution in [-0.4, -0.2) is 62.2 Å². The number of likely N-dealkylation sites (N-methyl/N-ethyl adjacent to an activating group) is 2. The first kappa shape index (κ1) is 35.6. The van der Waals surface area contributed by atoms with Gasteiger partial charge in [-0.15, -0.1) is 0 Å². The molecule has 0 radical (unpaired) electrons. The maximum Gasteiger partial charge on any atom is 0.259 e. The number of halogens is 1. The Kier molecular flexibility index (Phi) is 9.74. The van der Waals surface area contributed by atoms with Gasteiger partial charge in [-0.05, 0) is 134 Å². The summed E-state index contributed by atoms with van der Waals surface area (Å²) in [6.07, 6.45) is 2.95. The first-order valence-corrected chi connectivity index (χ1v) is 18.3. The second-order valence-corrected chi connectivity index (χ2v) is 14.4. The van der Waals surface area contributed by atoms with Gasteiger partial charge in [0.15, 0.2) is 23.0 Å². The highest BCUT2D eigenvalue weighted by Crippen LogP contribution is 2.50. The van der Waals surface area contributed by atoms with Crippen molar-refractivity contribution in [1.82, 2.24) is 9.80 Å². The highest BCUT2D eigenvalue weighted by Gasteiger charge is 2.34. The van der Waals surface area contributed by atoms with E-state index >= 15 is 0 Å². The molecule has 6 bridgehead atoms. The van der Waals surface area contributed by atoms with E-state index in [2.05, 4.69) is 47.4 Å². The molecule has 4 aliphatic rings. The van der Waals surface area contributed by atoms with E-state index < -0.39 is 0 Å². The van der Waals surface area contributed by atoms with E-state index in [1.54, 1.807) is 20.3 Å². The average Bonchev–Trinajstić information content (AvgIpc) is 3.18. The number of amides is 1. The van der Waals surface area contributed by atoms with Crippen LogP contribution in [0.2, 0.25) is 0 Å². The van der Waals surface area contributed by atoms with E-state index in [4.69, 9.17) is 18.9 Å². The van der Waals surface area contributed by atoms with Crippen molar-refractivity contribution in [2.75, 3.05) is 46.7 Å². The summed E-state index contributed by atoms with van der Waals surface area (Å²) >= 11 is 0. The zero-order valence-electron chi connectivity index (χ0n) is 30.9. The van der Waals surface area contributed by atoms with Crippen molar-refractivity contribution in [2.24, 2.45) is 0 Å². The molecule has 0 fully saturated rings. The summed E-state index contributed by atoms with van der Waals surface area (Å²) in [5, 5.41) is 13.4. The lowest BCUT2D eigenvalue weighted by atomic mass is 9.86. The van der Waals surface area contributed by atoms with Crippen LogP contribution in [0.5, 0.6) is 34.5 Å². The highest BCUT2D eigenvalue weighted by molar-refractivity contribution is 6.06. The molecule has 0 spiro atoms. The number of fused-ring (bicyclic) bond motifs is 2. The van der Waals surface area contributed by atoms with Gasteiger partial charge >= 0.3 is 0 Å². The maximum absolute atomic E-state index is 13.7. The number of anilines is 1. The minimum absolute atomic E-state index is 0.0228. The number of ether oxygens (including phenoxy) is 4. The first-order valence-electron chi connectivity index (χ1n) is 18.3. The summed E-state index contributed by atoms with van der Waals surface area (Å²) in [6, 6.07) is 25.5. The van der Waals surface area contributed by atoms with Gasteiger partial charge in [0.05, 0.1) is 26.4 Å². The minimum atomic E-state index is -0.377. The largest absolute Gasteiger partial charge is 0.493 e. The smallest absolute Gasteiger partial charge is 0.259 e. The predicted molar refractivity (Wildman–Crippen MR) is 205 cm³/mol. The lowest BCUT2D eigenvalue weighted by Gasteiger charge is -2.37. The molecule has 4 heterocycles. The molecular weight excluding hydrogens is 685 g/mol. The highest BCUT2D eigenvalue weighted by atomic mass is 19.1. The summed E-state index contributed by atoms with van der Waals surface area (Å²) in [5.41, 5.74) is 8.05. The number of hydrogen-bond donors (Lipinski definition) is 2. The number of nitrogens with one attached hydrogen (secondary N) is 1. The second kappa shape index (κ2) is 14.8. The third-order valence-corrected chi connectivity index (χ3v) is 11.1. The van der Waals surface area contributed by atoms with Crippen LogP contribution >= 0.6 is 0 Å². The van der Waals surface area contributed by atoms with Crippen molar-refractivity contribution >= 4 is 11.6 Å². The number of aliphatic hydroxyl groups excluding tert-OH is 1. The second-order valence-electron chi connectivity index (χ2n) is 14.4. The number of nitrogens with zero attached hydrogens (tertiary/aromatic N) is 2. The Labute approximate surface area is 314 Å². The lowest BCUT2D eigenvalue weighted by Crippen LogP contribution is -2.34. The Bertz CT molecular complexity index is 2210. The Morgan fingerprint density at radius 3 is 2.24 bits per heavy atom. The van der Waals surface area contributed by atoms with Gasteiger partial charge in [0.25, 0.3) is 5.91 Å². The van der Waals surface area contributed by atoms with Crippen molar-refractivity contribution in [3.63, 3.8) is 0 Å². The fraction of sp³-hybridized carbons (Fsp3) is 0.295. The van der Waals surface area contributed by atoms with Gasteiger partial charge in [-0.25, -0.2) is 4.39 Å². The van der Waals surface area contributed by atoms with E-state index in [1.807, 2.05) is 36.4 Å². The van der Waals surface area contributed by atoms with E-state index in [1.165, 1.54) is 29.8 Å². The third-order valence-electron chi connectivity index (χ3n) is 11.1. The zero-order valence-corrected chi connectivity index (χ0v) is 30.9. The third kappa shape index (κ3) is 6.77. The van der Waals surface area contributed by atoms with Crippen molar-refractivity contribution in [2.45, 2.75) is 44.4 Å². The maximum atomic E-state index is 13.7. The molecule has 0 aromatic heterocycles. The number of rotatable bonds is 5. The van der Waals surface area contributed by atoms with Crippen molar-refractivity contribution in [1.29, 1.82) is 0 Å². The molecule has 5 aromatic rings. The number of aliphatic hydroxyl groups is 1. The van der Waals surface area contributed by atoms with Crippen LogP contribution in [0, 0.1) is 5.82 Å². The van der Waals surface area contributed by atoms with E-state index in [0.717, 1.165) is 53.7 Å². The molecule has 1 amide bonds. The molecule has 10 heteroatoms. The van der Waals surface area contributed by atoms with Gasteiger partial charge in [0, 0.05) is 42.0 Å². The van der Waals surface area contributed by atoms with Crippen LogP contribution in [-0.2, 0) is 32.3 Å². The molecule has 9 nitrogen and oxygen atoms in total. The molecule has 54 heavy (non-hydrogen) atoms. The van der Waals surface area contributed by atoms with Crippen LogP contribution in [0.15, 0.2) is 84.9 Å². The van der Waals surface area contributed by atoms with Crippen molar-refractivity contribution < 1.29 is 33.2 Å². The van der Waals surface area contributed by atoms with E-state index in [9.17, 15) is 14.3 Å². The molecule has 2 atom stereocenters. The standard InChI is InChI=1S/C44H44FN3O6/c1-47-17-15-28-23-39(51-3)40-24-35(28)36(47)20-27-7-14-34(44(50)46-32-10-8-31(45)9-11-32)38(21-27)53-33-12-5-26(6-13-33)19-37-41-29(16-18-48(37)2)22-30(25-49)42(52-4)43(41)54-40/h5-14,21-24,36-37,49H,15-20,25H2,1-4H3,(H,46,50)/t36-,37+/m1/s1. The molecule has 0 aliphatic carbocycles. The SMILES string of the molecule is COc1cc2c3cc1Oc1c(OC)c(CO)cc4c1[C@H](Cc1ccc(cc1)Oc1cc(ccc1C(=O)Nc1ccc(F)cc1)C[C@H]3N(C)CC2)N(C)CC4. The summed E-state index contributed by atoms with van der Waals surface area (Å²) in [7, 11) is 7.52. The van der Waals surface area contributed by atoms with Crippen LogP contribution < -0.4 is 24.3 Å².